The Balaban J connectivity index is 1.80. The van der Waals surface area contributed by atoms with Crippen LogP contribution in [0.15, 0.2) is 42.5 Å². The molecule has 0 amide bonds. The van der Waals surface area contributed by atoms with E-state index in [4.69, 9.17) is 21.7 Å². The normalized spacial score (nSPS) is 23.5. The Morgan fingerprint density at radius 3 is 2.88 bits per heavy atom. The largest absolute Gasteiger partial charge is 0.495 e. The van der Waals surface area contributed by atoms with Crippen LogP contribution in [0.5, 0.6) is 11.5 Å². The van der Waals surface area contributed by atoms with Gasteiger partial charge in [0.05, 0.1) is 23.8 Å². The lowest BCUT2D eigenvalue weighted by molar-refractivity contribution is -0.385. The molecule has 2 atom stereocenters. The third-order valence-electron chi connectivity index (χ3n) is 4.79. The second-order valence-corrected chi connectivity index (χ2v) is 6.86. The number of nitrogens with zero attached hydrogens (tertiary/aromatic N) is 2. The molecule has 0 spiro atoms. The number of nitro groups is 1. The molecule has 4 rings (SSSR count). The maximum absolute atomic E-state index is 11.1. The zero-order valence-electron chi connectivity index (χ0n) is 14.3. The number of fused-ring (bicyclic) bond motifs is 4. The number of nitrogens with one attached hydrogen (secondary N) is 1. The van der Waals surface area contributed by atoms with Gasteiger partial charge in [-0.2, -0.15) is 0 Å². The number of hydrogen-bond donors (Lipinski definition) is 1. The molecule has 7 nitrogen and oxygen atoms in total. The summed E-state index contributed by atoms with van der Waals surface area (Å²) in [5, 5.41) is 14.9. The van der Waals surface area contributed by atoms with Crippen LogP contribution in [0.2, 0.25) is 0 Å². The van der Waals surface area contributed by atoms with Gasteiger partial charge in [0, 0.05) is 24.1 Å². The molecule has 1 fully saturated rings. The molecule has 2 aliphatic rings. The number of non-ortho nitro benzene ring substituents is 1. The minimum Gasteiger partial charge on any atom is -0.495 e. The third-order valence-corrected chi connectivity index (χ3v) is 5.09. The van der Waals surface area contributed by atoms with Gasteiger partial charge in [-0.1, -0.05) is 12.1 Å². The van der Waals surface area contributed by atoms with Gasteiger partial charge in [-0.15, -0.1) is 0 Å². The maximum atomic E-state index is 11.1. The highest BCUT2D eigenvalue weighted by Gasteiger charge is 2.49. The van der Waals surface area contributed by atoms with Crippen molar-refractivity contribution in [1.82, 2.24) is 5.32 Å². The first-order valence-electron chi connectivity index (χ1n) is 8.14. The van der Waals surface area contributed by atoms with E-state index >= 15 is 0 Å². The summed E-state index contributed by atoms with van der Waals surface area (Å²) in [6.07, 6.45) is 0.583. The van der Waals surface area contributed by atoms with Crippen LogP contribution in [0.25, 0.3) is 0 Å². The number of nitro benzene ring substituents is 1. The Morgan fingerprint density at radius 1 is 1.38 bits per heavy atom. The highest BCUT2D eigenvalue weighted by atomic mass is 32.1. The van der Waals surface area contributed by atoms with Gasteiger partial charge in [0.2, 0.25) is 0 Å². The lowest BCUT2D eigenvalue weighted by Crippen LogP contribution is -2.65. The summed E-state index contributed by atoms with van der Waals surface area (Å²) in [7, 11) is 1.61. The third kappa shape index (κ3) is 2.45. The molecular weight excluding hydrogens is 354 g/mol. The van der Waals surface area contributed by atoms with E-state index in [1.54, 1.807) is 19.2 Å². The molecule has 2 bridgehead atoms. The fourth-order valence-corrected chi connectivity index (χ4v) is 4.09. The standard InChI is InChI=1S/C18H17N3O4S/c1-18-10-13(12-9-11(21(22)23)7-8-15(12)25-18)19-17(26)20(18)14-5-3-4-6-16(14)24-2/h3-9,13H,10H2,1-2H3,(H,19,26)/t13-,18+/m0/s1. The van der Waals surface area contributed by atoms with Gasteiger partial charge in [0.15, 0.2) is 10.8 Å². The van der Waals surface area contributed by atoms with Crippen molar-refractivity contribution in [1.29, 1.82) is 0 Å². The minimum absolute atomic E-state index is 0.0378. The lowest BCUT2D eigenvalue weighted by Gasteiger charge is -2.52. The SMILES string of the molecule is COc1ccccc1N1C(=S)N[C@H]2C[C@@]1(C)Oc1ccc([N+](=O)[O-])cc12. The van der Waals surface area contributed by atoms with E-state index < -0.39 is 10.6 Å². The quantitative estimate of drug-likeness (QED) is 0.502. The first kappa shape index (κ1) is 16.6. The summed E-state index contributed by atoms with van der Waals surface area (Å²) < 4.78 is 11.8. The van der Waals surface area contributed by atoms with Crippen LogP contribution in [0.3, 0.4) is 0 Å². The molecule has 0 radical (unpaired) electrons. The smallest absolute Gasteiger partial charge is 0.270 e. The predicted molar refractivity (Wildman–Crippen MR) is 101 cm³/mol. The van der Waals surface area contributed by atoms with Crippen molar-refractivity contribution in [3.05, 3.63) is 58.1 Å². The van der Waals surface area contributed by atoms with Crippen LogP contribution in [0, 0.1) is 10.1 Å². The molecule has 1 saturated heterocycles. The van der Waals surface area contributed by atoms with E-state index in [0.29, 0.717) is 23.0 Å². The molecule has 0 saturated carbocycles. The van der Waals surface area contributed by atoms with Crippen LogP contribution < -0.4 is 19.7 Å². The molecule has 1 N–H and O–H groups in total. The molecule has 8 heteroatoms. The van der Waals surface area contributed by atoms with Gasteiger partial charge >= 0.3 is 0 Å². The first-order chi connectivity index (χ1) is 12.4. The predicted octanol–water partition coefficient (Wildman–Crippen LogP) is 3.54. The molecular formula is C18H17N3O4S. The zero-order chi connectivity index (χ0) is 18.5. The fraction of sp³-hybridized carbons (Fsp3) is 0.278. The first-order valence-corrected chi connectivity index (χ1v) is 8.55. The summed E-state index contributed by atoms with van der Waals surface area (Å²) >= 11 is 5.60. The second kappa shape index (κ2) is 5.84. The van der Waals surface area contributed by atoms with Gasteiger partial charge in [-0.3, -0.25) is 15.0 Å². The van der Waals surface area contributed by atoms with Crippen LogP contribution in [-0.4, -0.2) is 22.9 Å². The van der Waals surface area contributed by atoms with Gasteiger partial charge in [-0.05, 0) is 37.3 Å². The van der Waals surface area contributed by atoms with Crippen molar-refractivity contribution >= 4 is 28.7 Å². The summed E-state index contributed by atoms with van der Waals surface area (Å²) in [5.41, 5.74) is 0.860. The van der Waals surface area contributed by atoms with E-state index in [-0.39, 0.29) is 11.7 Å². The summed E-state index contributed by atoms with van der Waals surface area (Å²) in [4.78, 5) is 12.6. The highest BCUT2D eigenvalue weighted by Crippen LogP contribution is 2.47. The van der Waals surface area contributed by atoms with Gasteiger partial charge in [0.25, 0.3) is 5.69 Å². The zero-order valence-corrected chi connectivity index (χ0v) is 15.1. The van der Waals surface area contributed by atoms with Crippen molar-refractivity contribution in [3.63, 3.8) is 0 Å². The minimum atomic E-state index is -0.731. The van der Waals surface area contributed by atoms with Gasteiger partial charge in [-0.25, -0.2) is 0 Å². The molecule has 2 aromatic carbocycles. The molecule has 26 heavy (non-hydrogen) atoms. The Morgan fingerprint density at radius 2 is 2.15 bits per heavy atom. The number of ether oxygens (including phenoxy) is 2. The van der Waals surface area contributed by atoms with Crippen LogP contribution >= 0.6 is 12.2 Å². The lowest BCUT2D eigenvalue weighted by atomic mass is 9.90. The molecule has 0 aromatic heterocycles. The Hall–Kier alpha value is -2.87. The van der Waals surface area contributed by atoms with E-state index in [9.17, 15) is 10.1 Å². The number of anilines is 1. The van der Waals surface area contributed by atoms with Gasteiger partial charge < -0.3 is 14.8 Å². The Labute approximate surface area is 155 Å². The fourth-order valence-electron chi connectivity index (χ4n) is 3.65. The van der Waals surface area contributed by atoms with Crippen molar-refractivity contribution in [2.75, 3.05) is 12.0 Å². The topological polar surface area (TPSA) is 76.9 Å². The van der Waals surface area contributed by atoms with Crippen molar-refractivity contribution in [3.8, 4) is 11.5 Å². The molecule has 2 heterocycles. The average Bonchev–Trinajstić information content (AvgIpc) is 2.61. The summed E-state index contributed by atoms with van der Waals surface area (Å²) in [6, 6.07) is 12.1. The summed E-state index contributed by atoms with van der Waals surface area (Å²) in [6.45, 7) is 1.96. The number of thiocarbonyl (C=S) groups is 1. The molecule has 2 aromatic rings. The van der Waals surface area contributed by atoms with E-state index in [1.807, 2.05) is 36.1 Å². The van der Waals surface area contributed by atoms with Crippen molar-refractivity contribution in [2.24, 2.45) is 0 Å². The number of para-hydroxylation sites is 2. The number of methoxy groups -OCH3 is 1. The molecule has 134 valence electrons. The van der Waals surface area contributed by atoms with Crippen LogP contribution in [0.4, 0.5) is 11.4 Å². The number of rotatable bonds is 3. The molecule has 0 aliphatic carbocycles. The van der Waals surface area contributed by atoms with E-state index in [0.717, 1.165) is 11.3 Å². The monoisotopic (exact) mass is 371 g/mol. The van der Waals surface area contributed by atoms with Crippen molar-refractivity contribution in [2.45, 2.75) is 25.1 Å². The average molecular weight is 371 g/mol. The maximum Gasteiger partial charge on any atom is 0.270 e. The van der Waals surface area contributed by atoms with E-state index in [1.165, 1.54) is 6.07 Å². The van der Waals surface area contributed by atoms with Crippen LogP contribution in [0.1, 0.15) is 24.9 Å². The number of hydrogen-bond acceptors (Lipinski definition) is 5. The van der Waals surface area contributed by atoms with E-state index in [2.05, 4.69) is 5.32 Å². The highest BCUT2D eigenvalue weighted by molar-refractivity contribution is 7.80. The summed E-state index contributed by atoms with van der Waals surface area (Å²) in [5.74, 6) is 1.30. The Kier molecular flexibility index (Phi) is 3.73. The molecule has 2 aliphatic heterocycles. The van der Waals surface area contributed by atoms with Crippen molar-refractivity contribution < 1.29 is 14.4 Å². The Bertz CT molecular complexity index is 919. The molecule has 0 unspecified atom stereocenters. The van der Waals surface area contributed by atoms with Crippen LogP contribution in [-0.2, 0) is 0 Å². The number of benzene rings is 2. The van der Waals surface area contributed by atoms with Gasteiger partial charge in [0.1, 0.15) is 11.5 Å². The second-order valence-electron chi connectivity index (χ2n) is 6.47.